The minimum atomic E-state index is 0.0472. The number of likely N-dealkylation sites (tertiary alicyclic amines) is 1. The number of pyridine rings is 1. The maximum absolute atomic E-state index is 12.5. The van der Waals surface area contributed by atoms with Gasteiger partial charge in [0.25, 0.3) is 0 Å². The number of benzene rings is 1. The Bertz CT molecular complexity index is 1080. The van der Waals surface area contributed by atoms with Crippen LogP contribution < -0.4 is 5.32 Å². The summed E-state index contributed by atoms with van der Waals surface area (Å²) in [6.07, 6.45) is 7.67. The van der Waals surface area contributed by atoms with E-state index >= 15 is 0 Å². The van der Waals surface area contributed by atoms with Gasteiger partial charge < -0.3 is 15.2 Å². The second kappa shape index (κ2) is 7.94. The number of aromatic amines is 1. The van der Waals surface area contributed by atoms with Gasteiger partial charge in [-0.1, -0.05) is 24.3 Å². The summed E-state index contributed by atoms with van der Waals surface area (Å²) in [4.78, 5) is 34.4. The zero-order chi connectivity index (χ0) is 20.5. The van der Waals surface area contributed by atoms with Gasteiger partial charge in [0, 0.05) is 30.6 Å². The summed E-state index contributed by atoms with van der Waals surface area (Å²) < 4.78 is 0. The molecule has 3 heterocycles. The van der Waals surface area contributed by atoms with Crippen molar-refractivity contribution in [1.29, 1.82) is 0 Å². The number of hydrogen-bond acceptors (Lipinski definition) is 3. The van der Waals surface area contributed by atoms with Crippen LogP contribution in [-0.2, 0) is 16.0 Å². The number of amides is 2. The lowest BCUT2D eigenvalue weighted by atomic mass is 10.0. The molecular formula is C24H26N4O2. The second-order valence-electron chi connectivity index (χ2n) is 8.37. The molecule has 0 bridgehead atoms. The number of fused-ring (bicyclic) bond motifs is 1. The molecule has 1 aliphatic heterocycles. The Morgan fingerprint density at radius 1 is 1.07 bits per heavy atom. The van der Waals surface area contributed by atoms with Crippen LogP contribution in [0.2, 0.25) is 0 Å². The summed E-state index contributed by atoms with van der Waals surface area (Å²) in [5, 5.41) is 3.96. The number of carbonyl (C=O) groups is 2. The van der Waals surface area contributed by atoms with Crippen LogP contribution in [0.25, 0.3) is 22.2 Å². The van der Waals surface area contributed by atoms with Crippen molar-refractivity contribution < 1.29 is 9.59 Å². The van der Waals surface area contributed by atoms with Crippen molar-refractivity contribution in [3.8, 4) is 11.1 Å². The molecule has 1 saturated carbocycles. The lowest BCUT2D eigenvalue weighted by molar-refractivity contribution is -0.131. The predicted molar refractivity (Wildman–Crippen MR) is 117 cm³/mol. The number of H-pyrrole nitrogens is 1. The molecule has 0 unspecified atom stereocenters. The minimum Gasteiger partial charge on any atom is -0.346 e. The fourth-order valence-corrected chi connectivity index (χ4v) is 4.15. The fourth-order valence-electron chi connectivity index (χ4n) is 4.15. The fraction of sp³-hybridized carbons (Fsp3) is 0.375. The van der Waals surface area contributed by atoms with E-state index in [-0.39, 0.29) is 17.7 Å². The number of nitrogens with one attached hydrogen (secondary N) is 2. The van der Waals surface area contributed by atoms with Gasteiger partial charge >= 0.3 is 0 Å². The quantitative estimate of drug-likeness (QED) is 0.673. The highest BCUT2D eigenvalue weighted by Crippen LogP contribution is 2.33. The highest BCUT2D eigenvalue weighted by molar-refractivity contribution is 5.99. The van der Waals surface area contributed by atoms with E-state index in [0.29, 0.717) is 12.2 Å². The number of aromatic nitrogens is 2. The van der Waals surface area contributed by atoms with Crippen molar-refractivity contribution in [3.63, 3.8) is 0 Å². The van der Waals surface area contributed by atoms with Gasteiger partial charge in [-0.25, -0.2) is 4.98 Å². The Labute approximate surface area is 175 Å². The predicted octanol–water partition coefficient (Wildman–Crippen LogP) is 4.13. The number of piperidine rings is 1. The van der Waals surface area contributed by atoms with E-state index in [2.05, 4.69) is 15.3 Å². The van der Waals surface area contributed by atoms with Gasteiger partial charge in [0.05, 0.1) is 6.42 Å². The summed E-state index contributed by atoms with van der Waals surface area (Å²) >= 11 is 0. The highest BCUT2D eigenvalue weighted by Gasteiger charge is 2.30. The molecule has 0 atom stereocenters. The molecule has 1 saturated heterocycles. The van der Waals surface area contributed by atoms with Crippen molar-refractivity contribution in [3.05, 3.63) is 48.2 Å². The Hall–Kier alpha value is -3.15. The Morgan fingerprint density at radius 3 is 2.57 bits per heavy atom. The first kappa shape index (κ1) is 18.9. The van der Waals surface area contributed by atoms with Gasteiger partial charge in [-0.3, -0.25) is 9.59 Å². The van der Waals surface area contributed by atoms with E-state index in [9.17, 15) is 9.59 Å². The van der Waals surface area contributed by atoms with E-state index in [4.69, 9.17) is 0 Å². The summed E-state index contributed by atoms with van der Waals surface area (Å²) in [5.41, 5.74) is 3.83. The van der Waals surface area contributed by atoms with E-state index < -0.39 is 0 Å². The lowest BCUT2D eigenvalue weighted by Gasteiger charge is -2.26. The lowest BCUT2D eigenvalue weighted by Crippen LogP contribution is -2.36. The average molecular weight is 402 g/mol. The topological polar surface area (TPSA) is 78.1 Å². The molecule has 2 aliphatic rings. The van der Waals surface area contributed by atoms with Crippen molar-refractivity contribution >= 4 is 28.7 Å². The van der Waals surface area contributed by atoms with Crippen LogP contribution in [0.4, 0.5) is 5.82 Å². The van der Waals surface area contributed by atoms with Gasteiger partial charge in [0.2, 0.25) is 11.8 Å². The molecular weight excluding hydrogens is 376 g/mol. The SMILES string of the molecule is O=C(Nc1cc(-c2ccc(CC(=O)N3CCCCC3)cc2)c2cc[nH]c2n1)C1CC1. The first-order chi connectivity index (χ1) is 14.7. The molecule has 154 valence electrons. The normalized spacial score (nSPS) is 16.6. The zero-order valence-electron chi connectivity index (χ0n) is 17.0. The number of carbonyl (C=O) groups excluding carboxylic acids is 2. The highest BCUT2D eigenvalue weighted by atomic mass is 16.2. The molecule has 6 nitrogen and oxygen atoms in total. The van der Waals surface area contributed by atoms with Crippen LogP contribution in [0.15, 0.2) is 42.6 Å². The third-order valence-electron chi connectivity index (χ3n) is 6.06. The molecule has 6 heteroatoms. The molecule has 3 aromatic rings. The Kier molecular flexibility index (Phi) is 4.99. The molecule has 0 spiro atoms. The van der Waals surface area contributed by atoms with Crippen LogP contribution in [-0.4, -0.2) is 39.8 Å². The molecule has 5 rings (SSSR count). The molecule has 0 radical (unpaired) electrons. The van der Waals surface area contributed by atoms with E-state index in [1.165, 1.54) is 6.42 Å². The molecule has 2 fully saturated rings. The summed E-state index contributed by atoms with van der Waals surface area (Å²) in [5.74, 6) is 0.961. The summed E-state index contributed by atoms with van der Waals surface area (Å²) in [6.45, 7) is 1.77. The smallest absolute Gasteiger partial charge is 0.228 e. The monoisotopic (exact) mass is 402 g/mol. The standard InChI is InChI=1S/C24H26N4O2/c29-22(28-12-2-1-3-13-28)14-16-4-6-17(7-5-16)20-15-21(27-24(30)18-8-9-18)26-23-19(20)10-11-25-23/h4-7,10-11,15,18H,1-3,8-9,12-14H2,(H2,25,26,27,30). The first-order valence-corrected chi connectivity index (χ1v) is 10.8. The molecule has 2 aromatic heterocycles. The Balaban J connectivity index is 1.37. The molecule has 1 aliphatic carbocycles. The van der Waals surface area contributed by atoms with E-state index in [0.717, 1.165) is 66.5 Å². The van der Waals surface area contributed by atoms with Gasteiger partial charge in [-0.15, -0.1) is 0 Å². The van der Waals surface area contributed by atoms with Crippen LogP contribution in [0.5, 0.6) is 0 Å². The molecule has 1 aromatic carbocycles. The van der Waals surface area contributed by atoms with Crippen molar-refractivity contribution in [2.75, 3.05) is 18.4 Å². The van der Waals surface area contributed by atoms with Crippen LogP contribution in [0.3, 0.4) is 0 Å². The van der Waals surface area contributed by atoms with Gasteiger partial charge in [0.15, 0.2) is 0 Å². The summed E-state index contributed by atoms with van der Waals surface area (Å²) in [7, 11) is 0. The molecule has 30 heavy (non-hydrogen) atoms. The van der Waals surface area contributed by atoms with Crippen LogP contribution in [0.1, 0.15) is 37.7 Å². The van der Waals surface area contributed by atoms with Gasteiger partial charge in [-0.2, -0.15) is 0 Å². The first-order valence-electron chi connectivity index (χ1n) is 10.8. The zero-order valence-corrected chi connectivity index (χ0v) is 17.0. The van der Waals surface area contributed by atoms with Crippen molar-refractivity contribution in [2.45, 2.75) is 38.5 Å². The van der Waals surface area contributed by atoms with Crippen molar-refractivity contribution in [2.24, 2.45) is 5.92 Å². The average Bonchev–Trinajstić information content (AvgIpc) is 3.52. The third-order valence-corrected chi connectivity index (χ3v) is 6.06. The number of hydrogen-bond donors (Lipinski definition) is 2. The molecule has 2 amide bonds. The maximum atomic E-state index is 12.5. The van der Waals surface area contributed by atoms with Crippen molar-refractivity contribution in [1.82, 2.24) is 14.9 Å². The Morgan fingerprint density at radius 2 is 1.83 bits per heavy atom. The second-order valence-corrected chi connectivity index (χ2v) is 8.37. The van der Waals surface area contributed by atoms with Crippen LogP contribution in [0, 0.1) is 5.92 Å². The van der Waals surface area contributed by atoms with Gasteiger partial charge in [-0.05, 0) is 60.9 Å². The van der Waals surface area contributed by atoms with Gasteiger partial charge in [0.1, 0.15) is 11.5 Å². The largest absolute Gasteiger partial charge is 0.346 e. The maximum Gasteiger partial charge on any atom is 0.228 e. The van der Waals surface area contributed by atoms with E-state index in [1.807, 2.05) is 47.5 Å². The summed E-state index contributed by atoms with van der Waals surface area (Å²) in [6, 6.07) is 12.1. The number of anilines is 1. The number of rotatable bonds is 5. The molecule has 2 N–H and O–H groups in total. The minimum absolute atomic E-state index is 0.0472. The number of nitrogens with zero attached hydrogens (tertiary/aromatic N) is 2. The van der Waals surface area contributed by atoms with Crippen LogP contribution >= 0.6 is 0 Å². The third kappa shape index (κ3) is 3.95. The van der Waals surface area contributed by atoms with E-state index in [1.54, 1.807) is 0 Å².